The van der Waals surface area contributed by atoms with E-state index in [0.29, 0.717) is 0 Å². The van der Waals surface area contributed by atoms with Crippen LogP contribution in [0.5, 0.6) is 0 Å². The van der Waals surface area contributed by atoms with Gasteiger partial charge in [0.2, 0.25) is 0 Å². The standard InChI is InChI=1S/2C16H13.C6H5.3CH3.Si.Zr/c2*1-12-10-14-8-5-9-15(16(14)11-12)13-6-3-2-4-7-13;1-2-4-6-5-3-1;;;;;/h2*2-11H,1H3;1-5H;3*1H3;;/q6*-1;;. The summed E-state index contributed by atoms with van der Waals surface area (Å²) in [4.78, 5) is 0. The normalized spacial score (nSPS) is 9.23. The number of rotatable bonds is 2. The molecule has 7 aromatic carbocycles. The van der Waals surface area contributed by atoms with Gasteiger partial charge in [-0.2, -0.15) is 48.5 Å². The molecule has 0 aliphatic heterocycles. The van der Waals surface area contributed by atoms with Crippen LogP contribution in [0.2, 0.25) is 0 Å². The van der Waals surface area contributed by atoms with Crippen LogP contribution in [0.25, 0.3) is 43.8 Å². The molecule has 0 saturated heterocycles. The predicted octanol–water partition coefficient (Wildman–Crippen LogP) is 11.5. The van der Waals surface area contributed by atoms with Gasteiger partial charge in [0, 0.05) is 0 Å². The van der Waals surface area contributed by atoms with Crippen molar-refractivity contribution in [3.63, 3.8) is 0 Å². The maximum absolute atomic E-state index is 3.06. The van der Waals surface area contributed by atoms with Gasteiger partial charge in [0.05, 0.1) is 0 Å². The fourth-order valence-electron chi connectivity index (χ4n) is 4.85. The Morgan fingerprint density at radius 2 is 0.860 bits per heavy atom. The van der Waals surface area contributed by atoms with Gasteiger partial charge in [-0.15, -0.1) is 69.1 Å². The number of hydrogen-bond donors (Lipinski definition) is 0. The Hall–Kier alpha value is -3.58. The molecular weight excluding hydrogens is 612 g/mol. The Morgan fingerprint density at radius 3 is 1.19 bits per heavy atom. The minimum absolute atomic E-state index is 0. The second-order valence-corrected chi connectivity index (χ2v) is 9.49. The van der Waals surface area contributed by atoms with E-state index in [1.165, 1.54) is 78.3 Å². The van der Waals surface area contributed by atoms with E-state index in [1.54, 1.807) is 0 Å². The van der Waals surface area contributed by atoms with Gasteiger partial charge in [0.25, 0.3) is 0 Å². The average molecular weight is 652 g/mol. The molecule has 2 heteroatoms. The van der Waals surface area contributed by atoms with E-state index in [9.17, 15) is 0 Å². The summed E-state index contributed by atoms with van der Waals surface area (Å²) < 4.78 is 0. The zero-order chi connectivity index (χ0) is 28.2. The smallest absolute Gasteiger partial charge is 0.171 e. The SMILES string of the molecule is Cc1cc2c(-c3ccccc3)cccc2[cH-]1.Cc1cc2c(-c3ccccc3)cccc2[cH-]1.[CH3-].[CH3-].[CH3-].[Si]=[Zr].[c-]1ccccc1. The molecule has 0 unspecified atom stereocenters. The summed E-state index contributed by atoms with van der Waals surface area (Å²) in [6.07, 6.45) is 0. The van der Waals surface area contributed by atoms with Gasteiger partial charge in [-0.3, -0.25) is 0 Å². The van der Waals surface area contributed by atoms with Crippen LogP contribution in [0, 0.1) is 42.2 Å². The van der Waals surface area contributed by atoms with E-state index in [0.717, 1.165) is 0 Å². The van der Waals surface area contributed by atoms with E-state index in [2.05, 4.69) is 148 Å². The van der Waals surface area contributed by atoms with Crippen molar-refractivity contribution < 1.29 is 23.3 Å². The van der Waals surface area contributed by atoms with Crippen molar-refractivity contribution in [3.8, 4) is 22.3 Å². The van der Waals surface area contributed by atoms with Crippen LogP contribution in [0.1, 0.15) is 11.1 Å². The van der Waals surface area contributed by atoms with E-state index >= 15 is 0 Å². The Bertz CT molecular complexity index is 1590. The van der Waals surface area contributed by atoms with Crippen LogP contribution < -0.4 is 0 Å². The van der Waals surface area contributed by atoms with Gasteiger partial charge in [0.15, 0.2) is 0 Å². The van der Waals surface area contributed by atoms with Crippen LogP contribution >= 0.6 is 0 Å². The summed E-state index contributed by atoms with van der Waals surface area (Å²) in [5.74, 6) is 0. The van der Waals surface area contributed by atoms with Gasteiger partial charge >= 0.3 is 30.2 Å². The van der Waals surface area contributed by atoms with E-state index < -0.39 is 0 Å². The topological polar surface area (TPSA) is 0 Å². The first-order valence-electron chi connectivity index (χ1n) is 13.3. The van der Waals surface area contributed by atoms with Gasteiger partial charge in [0.1, 0.15) is 0 Å². The Balaban J connectivity index is 0.000000327. The minimum atomic E-state index is 0. The Labute approximate surface area is 277 Å². The maximum Gasteiger partial charge on any atom is -0.171 e. The van der Waals surface area contributed by atoms with Crippen molar-refractivity contribution >= 4 is 28.4 Å². The van der Waals surface area contributed by atoms with E-state index in [1.807, 2.05) is 30.3 Å². The van der Waals surface area contributed by atoms with Gasteiger partial charge < -0.3 is 22.3 Å². The Kier molecular flexibility index (Phi) is 17.0. The monoisotopic (exact) mass is 650 g/mol. The predicted molar refractivity (Wildman–Crippen MR) is 190 cm³/mol. The maximum atomic E-state index is 3.06. The van der Waals surface area contributed by atoms with E-state index in [-0.39, 0.29) is 22.3 Å². The number of hydrogen-bond acceptors (Lipinski definition) is 0. The number of fused-ring (bicyclic) bond motifs is 2. The zero-order valence-electron chi connectivity index (χ0n) is 25.9. The van der Waals surface area contributed by atoms with Crippen molar-refractivity contribution in [2.75, 3.05) is 0 Å². The third-order valence-electron chi connectivity index (χ3n) is 6.57. The summed E-state index contributed by atoms with van der Waals surface area (Å²) in [6.45, 7) is 7.36. The summed E-state index contributed by atoms with van der Waals surface area (Å²) in [5.41, 5.74) is 7.89. The fourth-order valence-corrected chi connectivity index (χ4v) is 4.85. The van der Waals surface area contributed by atoms with Gasteiger partial charge in [-0.1, -0.05) is 97.8 Å². The van der Waals surface area contributed by atoms with Crippen LogP contribution in [-0.2, 0) is 23.3 Å². The molecule has 0 aromatic heterocycles. The fraction of sp³-hybridized carbons (Fsp3) is 0.0488. The first kappa shape index (κ1) is 37.4. The van der Waals surface area contributed by atoms with Crippen LogP contribution in [0.3, 0.4) is 0 Å². The van der Waals surface area contributed by atoms with Crippen molar-refractivity contribution in [2.24, 2.45) is 0 Å². The minimum Gasteiger partial charge on any atom is -0.184 e. The number of benzene rings is 5. The van der Waals surface area contributed by atoms with Gasteiger partial charge in [-0.25, -0.2) is 0 Å². The quantitative estimate of drug-likeness (QED) is 0.129. The van der Waals surface area contributed by atoms with Crippen LogP contribution in [-0.4, -0.2) is 6.88 Å². The molecule has 0 spiro atoms. The third-order valence-corrected chi connectivity index (χ3v) is 6.57. The molecule has 0 amide bonds. The zero-order valence-corrected chi connectivity index (χ0v) is 29.4. The molecule has 218 valence electrons. The molecule has 7 aromatic rings. The summed E-state index contributed by atoms with van der Waals surface area (Å²) >= 11 is 1.36. The first-order chi connectivity index (χ1) is 19.7. The molecule has 7 rings (SSSR count). The molecule has 0 aliphatic carbocycles. The summed E-state index contributed by atoms with van der Waals surface area (Å²) in [5, 5.41) is 5.37. The van der Waals surface area contributed by atoms with Crippen molar-refractivity contribution in [1.29, 1.82) is 0 Å². The van der Waals surface area contributed by atoms with Crippen LogP contribution in [0.4, 0.5) is 0 Å². The molecule has 0 heterocycles. The molecule has 2 radical (unpaired) electrons. The molecule has 0 N–H and O–H groups in total. The largest absolute Gasteiger partial charge is 0.184 e. The molecule has 0 bridgehead atoms. The summed E-state index contributed by atoms with van der Waals surface area (Å²) in [6, 6.07) is 55.6. The van der Waals surface area contributed by atoms with Gasteiger partial charge in [-0.05, 0) is 11.1 Å². The van der Waals surface area contributed by atoms with E-state index in [4.69, 9.17) is 0 Å². The Morgan fingerprint density at radius 1 is 0.488 bits per heavy atom. The van der Waals surface area contributed by atoms with Crippen molar-refractivity contribution in [1.82, 2.24) is 0 Å². The molecule has 0 fully saturated rings. The molecule has 0 aliphatic rings. The molecule has 0 nitrogen and oxygen atoms in total. The first-order valence-corrected chi connectivity index (χ1v) is 17.5. The molecule has 0 saturated carbocycles. The van der Waals surface area contributed by atoms with Crippen molar-refractivity contribution in [2.45, 2.75) is 13.8 Å². The third kappa shape index (κ3) is 10.3. The molecule has 43 heavy (non-hydrogen) atoms. The van der Waals surface area contributed by atoms with Crippen molar-refractivity contribution in [3.05, 3.63) is 191 Å². The van der Waals surface area contributed by atoms with Crippen LogP contribution in [0.15, 0.2) is 152 Å². The summed E-state index contributed by atoms with van der Waals surface area (Å²) in [7, 11) is 0. The molecule has 0 atom stereocenters. The second-order valence-electron chi connectivity index (χ2n) is 9.49. The average Bonchev–Trinajstić information content (AvgIpc) is 3.61. The second kappa shape index (κ2) is 19.6. The number of aryl methyl sites for hydroxylation is 2. The molecular formula is C41H40SiZr-6.